The van der Waals surface area contributed by atoms with Crippen molar-refractivity contribution in [2.75, 3.05) is 39.0 Å². The molecule has 0 unspecified atom stereocenters. The van der Waals surface area contributed by atoms with Crippen molar-refractivity contribution in [2.24, 2.45) is 0 Å². The number of benzene rings is 1. The Morgan fingerprint density at radius 2 is 2.00 bits per heavy atom. The van der Waals surface area contributed by atoms with Crippen LogP contribution >= 0.6 is 0 Å². The summed E-state index contributed by atoms with van der Waals surface area (Å²) in [6.07, 6.45) is 3.16. The summed E-state index contributed by atoms with van der Waals surface area (Å²) < 4.78 is 0. The van der Waals surface area contributed by atoms with Gasteiger partial charge >= 0.3 is 0 Å². The number of hydrogen-bond donors (Lipinski definition) is 2. The summed E-state index contributed by atoms with van der Waals surface area (Å²) in [5, 5.41) is 9.39. The topological polar surface area (TPSA) is 69.8 Å². The van der Waals surface area contributed by atoms with Crippen molar-refractivity contribution in [3.8, 4) is 5.75 Å². The van der Waals surface area contributed by atoms with E-state index in [1.807, 2.05) is 11.9 Å². The Kier molecular flexibility index (Phi) is 4.06. The average molecular weight is 261 g/mol. The first kappa shape index (κ1) is 13.4. The molecule has 1 aliphatic rings. The number of carbonyl (C=O) groups excluding carboxylic acids is 1. The molecule has 1 aromatic rings. The first-order chi connectivity index (χ1) is 9.06. The van der Waals surface area contributed by atoms with Gasteiger partial charge in [-0.05, 0) is 31.3 Å². The molecule has 19 heavy (non-hydrogen) atoms. The monoisotopic (exact) mass is 261 g/mol. The Balaban J connectivity index is 2.02. The molecule has 1 heterocycles. The Hall–Kier alpha value is -2.01. The lowest BCUT2D eigenvalue weighted by Crippen LogP contribution is -2.46. The molecule has 5 heteroatoms. The van der Waals surface area contributed by atoms with E-state index in [0.29, 0.717) is 11.3 Å². The highest BCUT2D eigenvalue weighted by molar-refractivity contribution is 5.92. The van der Waals surface area contributed by atoms with Crippen LogP contribution in [-0.2, 0) is 4.79 Å². The third-order valence-corrected chi connectivity index (χ3v) is 3.29. The number of likely N-dealkylation sites (N-methyl/N-ethyl adjacent to an activating group) is 1. The average Bonchev–Trinajstić information content (AvgIpc) is 2.40. The molecule has 0 aromatic heterocycles. The molecule has 0 saturated carbocycles. The quantitative estimate of drug-likeness (QED) is 0.468. The molecule has 0 atom stereocenters. The number of carbonyl (C=O) groups is 1. The Morgan fingerprint density at radius 1 is 1.32 bits per heavy atom. The van der Waals surface area contributed by atoms with Crippen LogP contribution in [0.3, 0.4) is 0 Å². The maximum atomic E-state index is 12.0. The standard InChI is InChI=1S/C14H19N3O2/c1-16-6-8-17(9-7-16)14(19)5-2-11-10-12(18)3-4-13(11)15/h2-5,10,18H,6-9,15H2,1H3. The van der Waals surface area contributed by atoms with Crippen LogP contribution in [0.4, 0.5) is 5.69 Å². The predicted molar refractivity (Wildman–Crippen MR) is 75.6 cm³/mol. The number of nitrogens with zero attached hydrogens (tertiary/aromatic N) is 2. The van der Waals surface area contributed by atoms with Crippen molar-refractivity contribution in [3.05, 3.63) is 29.8 Å². The maximum absolute atomic E-state index is 12.0. The largest absolute Gasteiger partial charge is 0.508 e. The zero-order valence-corrected chi connectivity index (χ0v) is 11.0. The predicted octanol–water partition coefficient (Wildman–Crippen LogP) is 0.762. The first-order valence-electron chi connectivity index (χ1n) is 6.30. The summed E-state index contributed by atoms with van der Waals surface area (Å²) >= 11 is 0. The molecule has 0 spiro atoms. The van der Waals surface area contributed by atoms with Crippen LogP contribution in [0.15, 0.2) is 24.3 Å². The molecular formula is C14H19N3O2. The van der Waals surface area contributed by atoms with Crippen molar-refractivity contribution >= 4 is 17.7 Å². The number of phenolic OH excluding ortho intramolecular Hbond substituents is 1. The van der Waals surface area contributed by atoms with Crippen molar-refractivity contribution in [1.29, 1.82) is 0 Å². The number of amides is 1. The van der Waals surface area contributed by atoms with Gasteiger partial charge in [0, 0.05) is 43.5 Å². The summed E-state index contributed by atoms with van der Waals surface area (Å²) in [5.41, 5.74) is 6.98. The molecule has 3 N–H and O–H groups in total. The Labute approximate surface area is 112 Å². The van der Waals surface area contributed by atoms with Gasteiger partial charge in [0.1, 0.15) is 5.75 Å². The van der Waals surface area contributed by atoms with Gasteiger partial charge in [0.25, 0.3) is 0 Å². The summed E-state index contributed by atoms with van der Waals surface area (Å²) in [5.74, 6) is 0.122. The highest BCUT2D eigenvalue weighted by atomic mass is 16.3. The van der Waals surface area contributed by atoms with Crippen molar-refractivity contribution in [3.63, 3.8) is 0 Å². The van der Waals surface area contributed by atoms with Gasteiger partial charge in [0.2, 0.25) is 5.91 Å². The van der Waals surface area contributed by atoms with E-state index >= 15 is 0 Å². The maximum Gasteiger partial charge on any atom is 0.246 e. The van der Waals surface area contributed by atoms with E-state index in [9.17, 15) is 9.90 Å². The molecule has 1 aliphatic heterocycles. The van der Waals surface area contributed by atoms with E-state index < -0.39 is 0 Å². The van der Waals surface area contributed by atoms with Crippen LogP contribution in [0, 0.1) is 0 Å². The Morgan fingerprint density at radius 3 is 2.68 bits per heavy atom. The summed E-state index contributed by atoms with van der Waals surface area (Å²) in [7, 11) is 2.05. The second-order valence-electron chi connectivity index (χ2n) is 4.78. The van der Waals surface area contributed by atoms with E-state index in [-0.39, 0.29) is 11.7 Å². The van der Waals surface area contributed by atoms with E-state index in [2.05, 4.69) is 4.90 Å². The zero-order valence-electron chi connectivity index (χ0n) is 11.0. The van der Waals surface area contributed by atoms with Crippen molar-refractivity contribution < 1.29 is 9.90 Å². The fourth-order valence-corrected chi connectivity index (χ4v) is 2.00. The van der Waals surface area contributed by atoms with Crippen LogP contribution < -0.4 is 5.73 Å². The van der Waals surface area contributed by atoms with Crippen LogP contribution in [0.1, 0.15) is 5.56 Å². The van der Waals surface area contributed by atoms with Gasteiger partial charge in [0.05, 0.1) is 0 Å². The van der Waals surface area contributed by atoms with Gasteiger partial charge < -0.3 is 20.6 Å². The molecule has 102 valence electrons. The number of nitrogen functional groups attached to an aromatic ring is 1. The number of hydrogen-bond acceptors (Lipinski definition) is 4. The summed E-state index contributed by atoms with van der Waals surface area (Å²) in [6.45, 7) is 3.28. The molecule has 0 aliphatic carbocycles. The lowest BCUT2D eigenvalue weighted by Gasteiger charge is -2.31. The van der Waals surface area contributed by atoms with Gasteiger partial charge in [0.15, 0.2) is 0 Å². The highest BCUT2D eigenvalue weighted by Gasteiger charge is 2.16. The van der Waals surface area contributed by atoms with Crippen LogP contribution in [0.5, 0.6) is 5.75 Å². The number of piperazine rings is 1. The SMILES string of the molecule is CN1CCN(C(=O)C=Cc2cc(O)ccc2N)CC1. The molecule has 1 amide bonds. The minimum atomic E-state index is -0.0177. The molecule has 0 radical (unpaired) electrons. The van der Waals surface area contributed by atoms with Crippen LogP contribution in [0.25, 0.3) is 6.08 Å². The third kappa shape index (κ3) is 3.48. The molecule has 2 rings (SSSR count). The Bertz CT molecular complexity index is 491. The molecule has 1 aromatic carbocycles. The highest BCUT2D eigenvalue weighted by Crippen LogP contribution is 2.19. The molecule has 5 nitrogen and oxygen atoms in total. The van der Waals surface area contributed by atoms with E-state index in [4.69, 9.17) is 5.73 Å². The number of rotatable bonds is 2. The van der Waals surface area contributed by atoms with Gasteiger partial charge in [-0.3, -0.25) is 4.79 Å². The fraction of sp³-hybridized carbons (Fsp3) is 0.357. The number of anilines is 1. The number of phenols is 1. The number of nitrogens with two attached hydrogens (primary N) is 1. The normalized spacial score (nSPS) is 17.0. The first-order valence-corrected chi connectivity index (χ1v) is 6.30. The molecule has 0 bridgehead atoms. The van der Waals surface area contributed by atoms with Crippen molar-refractivity contribution in [2.45, 2.75) is 0 Å². The van der Waals surface area contributed by atoms with E-state index in [0.717, 1.165) is 26.2 Å². The van der Waals surface area contributed by atoms with Crippen molar-refractivity contribution in [1.82, 2.24) is 9.80 Å². The van der Waals surface area contributed by atoms with Gasteiger partial charge in [-0.2, -0.15) is 0 Å². The zero-order chi connectivity index (χ0) is 13.8. The third-order valence-electron chi connectivity index (χ3n) is 3.29. The minimum absolute atomic E-state index is 0.0177. The van der Waals surface area contributed by atoms with E-state index in [1.165, 1.54) is 12.1 Å². The summed E-state index contributed by atoms with van der Waals surface area (Å²) in [6, 6.07) is 4.69. The van der Waals surface area contributed by atoms with Gasteiger partial charge in [-0.25, -0.2) is 0 Å². The summed E-state index contributed by atoms with van der Waals surface area (Å²) in [4.78, 5) is 16.0. The number of aromatic hydroxyl groups is 1. The van der Waals surface area contributed by atoms with Crippen LogP contribution in [0.2, 0.25) is 0 Å². The van der Waals surface area contributed by atoms with Gasteiger partial charge in [-0.1, -0.05) is 0 Å². The second-order valence-corrected chi connectivity index (χ2v) is 4.78. The molecular weight excluding hydrogens is 242 g/mol. The lowest BCUT2D eigenvalue weighted by molar-refractivity contribution is -0.127. The van der Waals surface area contributed by atoms with Gasteiger partial charge in [-0.15, -0.1) is 0 Å². The minimum Gasteiger partial charge on any atom is -0.508 e. The fourth-order valence-electron chi connectivity index (χ4n) is 2.00. The van der Waals surface area contributed by atoms with Crippen LogP contribution in [-0.4, -0.2) is 54.0 Å². The van der Waals surface area contributed by atoms with E-state index in [1.54, 1.807) is 18.2 Å². The molecule has 1 fully saturated rings. The smallest absolute Gasteiger partial charge is 0.246 e. The molecule has 1 saturated heterocycles. The second kappa shape index (κ2) is 5.75. The lowest BCUT2D eigenvalue weighted by atomic mass is 10.1.